The molecular formula is C10H12Cl2N4O. The first kappa shape index (κ1) is 13.9. The zero-order valence-electron chi connectivity index (χ0n) is 9.33. The number of aromatic nitrogens is 3. The molecule has 5 nitrogen and oxygen atoms in total. The average molecular weight is 275 g/mol. The number of carbonyl (C=O) groups is 1. The van der Waals surface area contributed by atoms with Crippen LogP contribution < -0.4 is 5.32 Å². The molecule has 0 aromatic carbocycles. The molecule has 1 heterocycles. The summed E-state index contributed by atoms with van der Waals surface area (Å²) in [5.41, 5.74) is 0.999. The number of hydrogen-bond acceptors (Lipinski definition) is 5. The second kappa shape index (κ2) is 6.51. The highest BCUT2D eigenvalue weighted by molar-refractivity contribution is 6.37. The van der Waals surface area contributed by atoms with Crippen LogP contribution in [0.1, 0.15) is 19.8 Å². The van der Waals surface area contributed by atoms with Crippen LogP contribution in [0.3, 0.4) is 0 Å². The Bertz CT molecular complexity index is 416. The maximum Gasteiger partial charge on any atom is 0.179 e. The third-order valence-corrected chi connectivity index (χ3v) is 2.57. The number of halogens is 2. The Balaban J connectivity index is 2.41. The third-order valence-electron chi connectivity index (χ3n) is 2.04. The van der Waals surface area contributed by atoms with Gasteiger partial charge in [0.2, 0.25) is 0 Å². The number of anilines is 1. The smallest absolute Gasteiger partial charge is 0.179 e. The lowest BCUT2D eigenvalue weighted by atomic mass is 10.1. The van der Waals surface area contributed by atoms with Gasteiger partial charge in [0.15, 0.2) is 16.1 Å². The maximum absolute atomic E-state index is 11.3. The molecule has 17 heavy (non-hydrogen) atoms. The van der Waals surface area contributed by atoms with E-state index in [4.69, 9.17) is 23.2 Å². The summed E-state index contributed by atoms with van der Waals surface area (Å²) in [4.78, 5) is 11.3. The highest BCUT2D eigenvalue weighted by Gasteiger charge is 2.08. The maximum atomic E-state index is 11.3. The minimum absolute atomic E-state index is 0.0509. The van der Waals surface area contributed by atoms with Gasteiger partial charge in [-0.25, -0.2) is 0 Å². The van der Waals surface area contributed by atoms with Crippen molar-refractivity contribution in [2.45, 2.75) is 19.8 Å². The van der Waals surface area contributed by atoms with Crippen molar-refractivity contribution >= 4 is 34.7 Å². The van der Waals surface area contributed by atoms with Crippen LogP contribution in [0, 0.1) is 0 Å². The lowest BCUT2D eigenvalue weighted by molar-refractivity contribution is -0.115. The Kier molecular flexibility index (Phi) is 5.31. The molecule has 0 spiro atoms. The van der Waals surface area contributed by atoms with Crippen molar-refractivity contribution in [3.8, 4) is 0 Å². The molecule has 7 heteroatoms. The highest BCUT2D eigenvalue weighted by atomic mass is 35.5. The molecule has 0 aliphatic heterocycles. The molecule has 92 valence electrons. The number of ketones is 1. The van der Waals surface area contributed by atoms with Crippen molar-refractivity contribution in [1.82, 2.24) is 15.4 Å². The quantitative estimate of drug-likeness (QED) is 0.638. The van der Waals surface area contributed by atoms with Crippen LogP contribution in [0.25, 0.3) is 0 Å². The molecule has 0 saturated heterocycles. The van der Waals surface area contributed by atoms with Gasteiger partial charge < -0.3 is 5.32 Å². The van der Waals surface area contributed by atoms with E-state index >= 15 is 0 Å². The third kappa shape index (κ3) is 4.28. The number of Topliss-reactive ketones (excluding diaryl/α,β-unsaturated/α-hetero) is 1. The van der Waals surface area contributed by atoms with Gasteiger partial charge in [0, 0.05) is 13.0 Å². The molecule has 1 N–H and O–H groups in total. The van der Waals surface area contributed by atoms with Crippen LogP contribution >= 0.6 is 23.2 Å². The zero-order valence-corrected chi connectivity index (χ0v) is 10.8. The van der Waals surface area contributed by atoms with E-state index in [1.54, 1.807) is 6.92 Å². The Morgan fingerprint density at radius 2 is 1.94 bits per heavy atom. The van der Waals surface area contributed by atoms with Crippen LogP contribution in [0.15, 0.2) is 12.2 Å². The number of nitrogens with zero attached hydrogens (tertiary/aromatic N) is 3. The molecule has 0 aliphatic rings. The lowest BCUT2D eigenvalue weighted by Crippen LogP contribution is -2.08. The summed E-state index contributed by atoms with van der Waals surface area (Å²) in [6.45, 7) is 5.82. The summed E-state index contributed by atoms with van der Waals surface area (Å²) in [7, 11) is 0. The van der Waals surface area contributed by atoms with Crippen LogP contribution in [0.4, 0.5) is 5.69 Å². The van der Waals surface area contributed by atoms with E-state index in [0.717, 1.165) is 0 Å². The Morgan fingerprint density at radius 1 is 1.35 bits per heavy atom. The molecule has 1 aromatic heterocycles. The van der Waals surface area contributed by atoms with Gasteiger partial charge in [0.25, 0.3) is 0 Å². The van der Waals surface area contributed by atoms with Crippen LogP contribution in [-0.2, 0) is 4.79 Å². The Hall–Kier alpha value is -1.20. The fraction of sp³-hybridized carbons (Fsp3) is 0.400. The molecular weight excluding hydrogens is 263 g/mol. The fourth-order valence-corrected chi connectivity index (χ4v) is 1.54. The zero-order chi connectivity index (χ0) is 12.8. The van der Waals surface area contributed by atoms with Gasteiger partial charge in [-0.3, -0.25) is 4.79 Å². The molecule has 1 aromatic rings. The molecule has 0 saturated carbocycles. The van der Waals surface area contributed by atoms with Crippen molar-refractivity contribution in [1.29, 1.82) is 0 Å². The van der Waals surface area contributed by atoms with E-state index in [1.807, 2.05) is 0 Å². The van der Waals surface area contributed by atoms with Crippen molar-refractivity contribution in [2.24, 2.45) is 0 Å². The number of rotatable bonds is 6. The van der Waals surface area contributed by atoms with Gasteiger partial charge in [0.1, 0.15) is 5.69 Å². The standard InChI is InChI=1S/C10H12Cl2N4O/c1-6(2)7(17)4-3-5-13-8-9(11)14-16-15-10(8)12/h1,3-5H2,2H3,(H,13,16). The first-order valence-corrected chi connectivity index (χ1v) is 5.75. The average Bonchev–Trinajstić information content (AvgIpc) is 2.27. The molecule has 0 atom stereocenters. The number of hydrogen-bond donors (Lipinski definition) is 1. The van der Waals surface area contributed by atoms with Gasteiger partial charge in [-0.15, -0.1) is 10.2 Å². The van der Waals surface area contributed by atoms with Crippen LogP contribution in [-0.4, -0.2) is 27.7 Å². The predicted octanol–water partition coefficient (Wildman–Crippen LogP) is 2.52. The largest absolute Gasteiger partial charge is 0.380 e. The van der Waals surface area contributed by atoms with Gasteiger partial charge >= 0.3 is 0 Å². The van der Waals surface area contributed by atoms with E-state index in [-0.39, 0.29) is 16.1 Å². The minimum atomic E-state index is 0.0509. The van der Waals surface area contributed by atoms with Crippen molar-refractivity contribution in [3.05, 3.63) is 22.5 Å². The molecule has 0 fully saturated rings. The number of carbonyl (C=O) groups excluding carboxylic acids is 1. The lowest BCUT2D eigenvalue weighted by Gasteiger charge is -2.07. The van der Waals surface area contributed by atoms with Crippen LogP contribution in [0.5, 0.6) is 0 Å². The second-order valence-electron chi connectivity index (χ2n) is 3.48. The molecule has 0 bridgehead atoms. The number of nitrogens with one attached hydrogen (secondary N) is 1. The first-order valence-electron chi connectivity index (χ1n) is 4.99. The first-order chi connectivity index (χ1) is 8.02. The normalized spacial score (nSPS) is 10.1. The van der Waals surface area contributed by atoms with E-state index in [1.165, 1.54) is 0 Å². The molecule has 0 aliphatic carbocycles. The summed E-state index contributed by atoms with van der Waals surface area (Å²) in [5.74, 6) is 0.0509. The van der Waals surface area contributed by atoms with Gasteiger partial charge in [-0.2, -0.15) is 0 Å². The monoisotopic (exact) mass is 274 g/mol. The summed E-state index contributed by atoms with van der Waals surface area (Å²) in [6.07, 6.45) is 1.09. The molecule has 0 radical (unpaired) electrons. The highest BCUT2D eigenvalue weighted by Crippen LogP contribution is 2.24. The van der Waals surface area contributed by atoms with Gasteiger partial charge in [0.05, 0.1) is 0 Å². The van der Waals surface area contributed by atoms with E-state index < -0.39 is 0 Å². The van der Waals surface area contributed by atoms with Crippen molar-refractivity contribution < 1.29 is 4.79 Å². The SMILES string of the molecule is C=C(C)C(=O)CCCNc1c(Cl)nnnc1Cl. The summed E-state index contributed by atoms with van der Waals surface area (Å²) in [5, 5.41) is 13.8. The van der Waals surface area contributed by atoms with Crippen molar-refractivity contribution in [3.63, 3.8) is 0 Å². The van der Waals surface area contributed by atoms with Crippen molar-refractivity contribution in [2.75, 3.05) is 11.9 Å². The Labute approximate surface area is 109 Å². The van der Waals surface area contributed by atoms with E-state index in [0.29, 0.717) is 30.6 Å². The predicted molar refractivity (Wildman–Crippen MR) is 67.4 cm³/mol. The second-order valence-corrected chi connectivity index (χ2v) is 4.20. The summed E-state index contributed by atoms with van der Waals surface area (Å²) < 4.78 is 0. The van der Waals surface area contributed by atoms with Crippen LogP contribution in [0.2, 0.25) is 10.3 Å². The summed E-state index contributed by atoms with van der Waals surface area (Å²) in [6, 6.07) is 0. The number of allylic oxidation sites excluding steroid dienone is 1. The molecule has 0 unspecified atom stereocenters. The summed E-state index contributed by atoms with van der Waals surface area (Å²) >= 11 is 11.6. The Morgan fingerprint density at radius 3 is 2.47 bits per heavy atom. The van der Waals surface area contributed by atoms with Gasteiger partial charge in [-0.1, -0.05) is 29.8 Å². The topological polar surface area (TPSA) is 67.8 Å². The molecule has 0 amide bonds. The fourth-order valence-electron chi connectivity index (χ4n) is 1.11. The van der Waals surface area contributed by atoms with E-state index in [9.17, 15) is 4.79 Å². The van der Waals surface area contributed by atoms with E-state index in [2.05, 4.69) is 27.3 Å². The minimum Gasteiger partial charge on any atom is -0.380 e. The van der Waals surface area contributed by atoms with Gasteiger partial charge in [-0.05, 0) is 24.1 Å². The molecule has 1 rings (SSSR count).